The Morgan fingerprint density at radius 3 is 2.46 bits per heavy atom. The number of nitrogens with zero attached hydrogens (tertiary/aromatic N) is 2. The number of carbonyl (C=O) groups excluding carboxylic acids is 1. The highest BCUT2D eigenvalue weighted by molar-refractivity contribution is 7.82. The Bertz CT molecular complexity index is 772. The van der Waals surface area contributed by atoms with Gasteiger partial charge >= 0.3 is 6.09 Å². The number of likely N-dealkylation sites (tertiary alicyclic amines) is 1. The van der Waals surface area contributed by atoms with E-state index in [1.807, 2.05) is 20.8 Å². The number of rotatable bonds is 1. The van der Waals surface area contributed by atoms with Crippen molar-refractivity contribution < 1.29 is 9.53 Å². The van der Waals surface area contributed by atoms with Crippen LogP contribution >= 0.6 is 12.2 Å². The molecular weight excluding hydrogens is 346 g/mol. The van der Waals surface area contributed by atoms with E-state index in [0.29, 0.717) is 18.1 Å². The molecule has 1 aromatic rings. The average Bonchev–Trinajstić information content (AvgIpc) is 2.85. The summed E-state index contributed by atoms with van der Waals surface area (Å²) in [7, 11) is 0. The van der Waals surface area contributed by atoms with Crippen LogP contribution in [0.4, 0.5) is 4.79 Å². The minimum absolute atomic E-state index is 0.258. The van der Waals surface area contributed by atoms with Gasteiger partial charge in [0.25, 0.3) is 0 Å². The smallest absolute Gasteiger partial charge is 0.410 e. The van der Waals surface area contributed by atoms with Gasteiger partial charge in [0.05, 0.1) is 0 Å². The number of aryl methyl sites for hydroxylation is 2. The monoisotopic (exact) mass is 373 g/mol. The molecule has 26 heavy (non-hydrogen) atoms. The zero-order valence-electron chi connectivity index (χ0n) is 16.2. The van der Waals surface area contributed by atoms with Crippen LogP contribution in [0.1, 0.15) is 50.3 Å². The predicted octanol–water partition coefficient (Wildman–Crippen LogP) is 3.75. The molecule has 0 aromatic heterocycles. The molecule has 2 heterocycles. The van der Waals surface area contributed by atoms with Crippen molar-refractivity contribution in [3.05, 3.63) is 34.9 Å². The fourth-order valence-electron chi connectivity index (χ4n) is 3.27. The normalized spacial score (nSPS) is 19.3. The second kappa shape index (κ2) is 6.65. The summed E-state index contributed by atoms with van der Waals surface area (Å²) < 4.78 is 5.47. The molecule has 0 saturated carbocycles. The van der Waals surface area contributed by atoms with Gasteiger partial charge in [0, 0.05) is 31.5 Å². The molecule has 1 aromatic carbocycles. The lowest BCUT2D eigenvalue weighted by Gasteiger charge is -2.38. The molecule has 1 fully saturated rings. The maximum absolute atomic E-state index is 12.3. The van der Waals surface area contributed by atoms with E-state index in [1.165, 1.54) is 11.1 Å². The van der Waals surface area contributed by atoms with Gasteiger partial charge < -0.3 is 15.0 Å². The van der Waals surface area contributed by atoms with Gasteiger partial charge in [0.2, 0.25) is 0 Å². The van der Waals surface area contributed by atoms with Crippen LogP contribution in [0.5, 0.6) is 0 Å². The van der Waals surface area contributed by atoms with Crippen molar-refractivity contribution in [3.8, 4) is 0 Å². The van der Waals surface area contributed by atoms with Crippen molar-refractivity contribution in [2.45, 2.75) is 58.7 Å². The summed E-state index contributed by atoms with van der Waals surface area (Å²) in [6.45, 7) is 11.1. The lowest BCUT2D eigenvalue weighted by molar-refractivity contribution is 0.0165. The SMILES string of the molecule is Cc1ccc(C2=NC3(CCN(C(=O)OC(C)(C)C)CC3)NC2=S)cc1C. The fourth-order valence-corrected chi connectivity index (χ4v) is 3.62. The van der Waals surface area contributed by atoms with Crippen LogP contribution in [0.25, 0.3) is 0 Å². The second-order valence-corrected chi connectivity index (χ2v) is 8.62. The predicted molar refractivity (Wildman–Crippen MR) is 108 cm³/mol. The third-order valence-electron chi connectivity index (χ3n) is 4.91. The summed E-state index contributed by atoms with van der Waals surface area (Å²) in [4.78, 5) is 19.7. The molecule has 6 heteroatoms. The molecule has 3 rings (SSSR count). The molecule has 1 N–H and O–H groups in total. The first kappa shape index (κ1) is 18.8. The van der Waals surface area contributed by atoms with Gasteiger partial charge in [-0.15, -0.1) is 0 Å². The Morgan fingerprint density at radius 1 is 1.23 bits per heavy atom. The second-order valence-electron chi connectivity index (χ2n) is 8.21. The maximum atomic E-state index is 12.3. The Kier molecular flexibility index (Phi) is 4.82. The summed E-state index contributed by atoms with van der Waals surface area (Å²) in [6.07, 6.45) is 1.19. The summed E-state index contributed by atoms with van der Waals surface area (Å²) in [6, 6.07) is 6.31. The van der Waals surface area contributed by atoms with E-state index in [-0.39, 0.29) is 6.09 Å². The number of aliphatic imine (C=N–C) groups is 1. The molecule has 1 spiro atoms. The molecule has 0 unspecified atom stereocenters. The number of piperidine rings is 1. The third-order valence-corrected chi connectivity index (χ3v) is 5.21. The van der Waals surface area contributed by atoms with Crippen LogP contribution in [0.2, 0.25) is 0 Å². The first-order chi connectivity index (χ1) is 12.1. The summed E-state index contributed by atoms with van der Waals surface area (Å²) in [5, 5.41) is 3.41. The lowest BCUT2D eigenvalue weighted by atomic mass is 9.98. The van der Waals surface area contributed by atoms with Gasteiger partial charge in [-0.1, -0.05) is 24.4 Å². The molecule has 2 aliphatic heterocycles. The van der Waals surface area contributed by atoms with Gasteiger partial charge in [-0.05, 0) is 51.8 Å². The van der Waals surface area contributed by atoms with E-state index in [2.05, 4.69) is 37.4 Å². The number of carbonyl (C=O) groups is 1. The van der Waals surface area contributed by atoms with Crippen molar-refractivity contribution in [1.29, 1.82) is 0 Å². The van der Waals surface area contributed by atoms with Gasteiger partial charge in [-0.3, -0.25) is 4.99 Å². The Hall–Kier alpha value is -1.95. The summed E-state index contributed by atoms with van der Waals surface area (Å²) in [5.74, 6) is 0. The highest BCUT2D eigenvalue weighted by Gasteiger charge is 2.42. The van der Waals surface area contributed by atoms with Crippen molar-refractivity contribution in [2.24, 2.45) is 4.99 Å². The highest BCUT2D eigenvalue weighted by atomic mass is 32.1. The van der Waals surface area contributed by atoms with E-state index < -0.39 is 11.3 Å². The summed E-state index contributed by atoms with van der Waals surface area (Å²) >= 11 is 5.56. The first-order valence-corrected chi connectivity index (χ1v) is 9.47. The Balaban J connectivity index is 1.73. The van der Waals surface area contributed by atoms with E-state index in [4.69, 9.17) is 21.9 Å². The fraction of sp³-hybridized carbons (Fsp3) is 0.550. The van der Waals surface area contributed by atoms with Gasteiger partial charge in [0.15, 0.2) is 0 Å². The van der Waals surface area contributed by atoms with Crippen LogP contribution in [0.15, 0.2) is 23.2 Å². The topological polar surface area (TPSA) is 53.9 Å². The van der Waals surface area contributed by atoms with Crippen LogP contribution in [-0.4, -0.2) is 46.0 Å². The maximum Gasteiger partial charge on any atom is 0.410 e. The molecule has 140 valence electrons. The average molecular weight is 374 g/mol. The number of amides is 1. The quantitative estimate of drug-likeness (QED) is 0.762. The molecule has 1 saturated heterocycles. The van der Waals surface area contributed by atoms with Crippen LogP contribution < -0.4 is 5.32 Å². The standard InChI is InChI=1S/C20H27N3O2S/c1-13-6-7-15(12-14(13)2)16-17(26)22-20(21-16)8-10-23(11-9-20)18(24)25-19(3,4)5/h6-7,12H,8-11H2,1-5H3,(H,22,26). The molecular formula is C20H27N3O2S. The van der Waals surface area contributed by atoms with Crippen LogP contribution in [-0.2, 0) is 4.74 Å². The molecule has 0 atom stereocenters. The molecule has 0 aliphatic carbocycles. The minimum Gasteiger partial charge on any atom is -0.444 e. The number of ether oxygens (including phenoxy) is 1. The molecule has 1 amide bonds. The van der Waals surface area contributed by atoms with Gasteiger partial charge in [-0.2, -0.15) is 0 Å². The number of nitrogens with one attached hydrogen (secondary N) is 1. The number of hydrogen-bond acceptors (Lipinski definition) is 4. The van der Waals surface area contributed by atoms with E-state index >= 15 is 0 Å². The number of hydrogen-bond donors (Lipinski definition) is 1. The van der Waals surface area contributed by atoms with Crippen LogP contribution in [0, 0.1) is 13.8 Å². The minimum atomic E-state index is -0.478. The molecule has 5 nitrogen and oxygen atoms in total. The Labute approximate surface area is 160 Å². The van der Waals surface area contributed by atoms with Crippen LogP contribution in [0.3, 0.4) is 0 Å². The highest BCUT2D eigenvalue weighted by Crippen LogP contribution is 2.30. The van der Waals surface area contributed by atoms with Crippen molar-refractivity contribution in [2.75, 3.05) is 13.1 Å². The van der Waals surface area contributed by atoms with E-state index in [1.54, 1.807) is 4.90 Å². The van der Waals surface area contributed by atoms with E-state index in [0.717, 1.165) is 24.1 Å². The zero-order chi connectivity index (χ0) is 19.1. The lowest BCUT2D eigenvalue weighted by Crippen LogP contribution is -2.52. The number of thiocarbonyl (C=S) groups is 1. The van der Waals surface area contributed by atoms with Crippen molar-refractivity contribution in [1.82, 2.24) is 10.2 Å². The molecule has 2 aliphatic rings. The third kappa shape index (κ3) is 3.90. The molecule has 0 bridgehead atoms. The van der Waals surface area contributed by atoms with Crippen molar-refractivity contribution in [3.63, 3.8) is 0 Å². The summed E-state index contributed by atoms with van der Waals surface area (Å²) in [5.41, 5.74) is 3.52. The van der Waals surface area contributed by atoms with Gasteiger partial charge in [-0.25, -0.2) is 4.79 Å². The van der Waals surface area contributed by atoms with E-state index in [9.17, 15) is 4.79 Å². The van der Waals surface area contributed by atoms with Gasteiger partial charge in [0.1, 0.15) is 22.0 Å². The largest absolute Gasteiger partial charge is 0.444 e. The molecule has 0 radical (unpaired) electrons. The van der Waals surface area contributed by atoms with Crippen molar-refractivity contribution >= 4 is 29.0 Å². The first-order valence-electron chi connectivity index (χ1n) is 9.06. The Morgan fingerprint density at radius 2 is 1.88 bits per heavy atom. The zero-order valence-corrected chi connectivity index (χ0v) is 17.0. The number of benzene rings is 1.